The van der Waals surface area contributed by atoms with Crippen molar-refractivity contribution in [2.45, 2.75) is 88.7 Å². The van der Waals surface area contributed by atoms with Crippen molar-refractivity contribution in [2.75, 3.05) is 20.1 Å². The van der Waals surface area contributed by atoms with Crippen LogP contribution in [0.15, 0.2) is 91.1 Å². The molecule has 9 N–H and O–H groups in total. The highest BCUT2D eigenvalue weighted by Crippen LogP contribution is 2.22. The predicted octanol–water partition coefficient (Wildman–Crippen LogP) is 1.24. The minimum absolute atomic E-state index is 0.0400. The number of para-hydroxylation sites is 1. The van der Waals surface area contributed by atoms with Gasteiger partial charge in [-0.25, -0.2) is 0 Å². The van der Waals surface area contributed by atoms with Gasteiger partial charge in [-0.3, -0.25) is 28.8 Å². The minimum Gasteiger partial charge on any atom is -0.391 e. The molecular weight excluding hydrogens is 753 g/mol. The molecule has 1 fully saturated rings. The zero-order chi connectivity index (χ0) is 42.5. The van der Waals surface area contributed by atoms with Gasteiger partial charge in [-0.15, -0.1) is 0 Å². The first-order chi connectivity index (χ1) is 28.4. The van der Waals surface area contributed by atoms with Crippen LogP contribution in [0.2, 0.25) is 0 Å². The van der Waals surface area contributed by atoms with Gasteiger partial charge in [-0.05, 0) is 68.8 Å². The average Bonchev–Trinajstić information content (AvgIpc) is 3.64. The lowest BCUT2D eigenvalue weighted by molar-refractivity contribution is -0.143. The Bertz CT molecular complexity index is 2060. The summed E-state index contributed by atoms with van der Waals surface area (Å²) in [6.45, 7) is 3.02. The van der Waals surface area contributed by atoms with Crippen molar-refractivity contribution in [1.82, 2.24) is 36.5 Å². The van der Waals surface area contributed by atoms with Crippen molar-refractivity contribution in [3.63, 3.8) is 0 Å². The lowest BCUT2D eigenvalue weighted by atomic mass is 9.96. The number of unbranched alkanes of at least 4 members (excludes halogenated alkanes) is 1. The maximum atomic E-state index is 14.4. The maximum Gasteiger partial charge on any atom is 0.245 e. The molecule has 0 radical (unpaired) electrons. The molecule has 314 valence electrons. The lowest BCUT2D eigenvalue weighted by Gasteiger charge is -2.32. The fourth-order valence-electron chi connectivity index (χ4n) is 7.27. The largest absolute Gasteiger partial charge is 0.391 e. The summed E-state index contributed by atoms with van der Waals surface area (Å²) in [7, 11) is 1.43. The van der Waals surface area contributed by atoms with Gasteiger partial charge in [0.1, 0.15) is 30.2 Å². The van der Waals surface area contributed by atoms with E-state index in [9.17, 15) is 33.9 Å². The third-order valence-electron chi connectivity index (χ3n) is 10.7. The SMILES string of the molecule is C[C@H](O)[C@H]1NC(=O)[C@@H](Cc2ccccc2)N(C)C(=O)[C@@H](C)NC(=O)[C@@H](Cc2ccccc2)NC(=O)[C@@H](Cc2c[nH]c3ccccc23)CNC(=O)[C@H](CCCCN)NC1=O. The van der Waals surface area contributed by atoms with Crippen LogP contribution in [-0.2, 0) is 48.0 Å². The highest BCUT2D eigenvalue weighted by atomic mass is 16.3. The monoisotopic (exact) mass is 808 g/mol. The Morgan fingerprint density at radius 2 is 1.34 bits per heavy atom. The Morgan fingerprint density at radius 1 is 0.712 bits per heavy atom. The van der Waals surface area contributed by atoms with Crippen LogP contribution in [-0.4, -0.2) is 107 Å². The summed E-state index contributed by atoms with van der Waals surface area (Å²) in [6, 6.07) is 19.6. The number of carbonyl (C=O) groups excluding carboxylic acids is 6. The highest BCUT2D eigenvalue weighted by molar-refractivity contribution is 5.97. The molecule has 15 heteroatoms. The number of rotatable bonds is 11. The second-order valence-electron chi connectivity index (χ2n) is 15.2. The lowest BCUT2D eigenvalue weighted by Crippen LogP contribution is -2.61. The maximum absolute atomic E-state index is 14.4. The molecule has 0 unspecified atom stereocenters. The van der Waals surface area contributed by atoms with Crippen molar-refractivity contribution < 1.29 is 33.9 Å². The molecule has 0 saturated carbocycles. The molecule has 1 aliphatic heterocycles. The number of aliphatic hydroxyl groups is 1. The summed E-state index contributed by atoms with van der Waals surface area (Å²) in [6.07, 6.45) is 1.93. The number of carbonyl (C=O) groups is 6. The zero-order valence-corrected chi connectivity index (χ0v) is 33.8. The van der Waals surface area contributed by atoms with Crippen LogP contribution >= 0.6 is 0 Å². The molecule has 0 spiro atoms. The molecule has 5 rings (SSSR count). The molecule has 1 aliphatic rings. The topological polar surface area (TPSA) is 228 Å². The predicted molar refractivity (Wildman–Crippen MR) is 223 cm³/mol. The Balaban J connectivity index is 1.54. The van der Waals surface area contributed by atoms with Crippen LogP contribution in [0.1, 0.15) is 49.8 Å². The van der Waals surface area contributed by atoms with Crippen LogP contribution in [0.25, 0.3) is 10.9 Å². The number of nitrogens with zero attached hydrogens (tertiary/aromatic N) is 1. The third kappa shape index (κ3) is 12.0. The summed E-state index contributed by atoms with van der Waals surface area (Å²) in [4.78, 5) is 89.0. The van der Waals surface area contributed by atoms with Crippen molar-refractivity contribution in [1.29, 1.82) is 0 Å². The Kier molecular flexibility index (Phi) is 15.7. The number of hydrogen-bond acceptors (Lipinski definition) is 8. The smallest absolute Gasteiger partial charge is 0.245 e. The second kappa shape index (κ2) is 21.1. The van der Waals surface area contributed by atoms with Crippen LogP contribution in [0.4, 0.5) is 0 Å². The molecule has 15 nitrogen and oxygen atoms in total. The van der Waals surface area contributed by atoms with Crippen LogP contribution in [0, 0.1) is 5.92 Å². The van der Waals surface area contributed by atoms with E-state index >= 15 is 0 Å². The normalized spacial score (nSPS) is 23.5. The number of amides is 6. The molecule has 6 amide bonds. The molecule has 3 aromatic carbocycles. The fourth-order valence-corrected chi connectivity index (χ4v) is 7.27. The number of fused-ring (bicyclic) bond motifs is 1. The van der Waals surface area contributed by atoms with Gasteiger partial charge in [-0.1, -0.05) is 78.9 Å². The summed E-state index contributed by atoms with van der Waals surface area (Å²) < 4.78 is 0. The van der Waals surface area contributed by atoms with Crippen LogP contribution in [0.3, 0.4) is 0 Å². The van der Waals surface area contributed by atoms with Crippen molar-refractivity contribution >= 4 is 46.3 Å². The van der Waals surface area contributed by atoms with E-state index in [1.54, 1.807) is 30.5 Å². The quantitative estimate of drug-likeness (QED) is 0.103. The molecule has 1 aromatic heterocycles. The van der Waals surface area contributed by atoms with E-state index in [1.165, 1.54) is 25.8 Å². The number of nitrogens with one attached hydrogen (secondary N) is 6. The molecule has 0 aliphatic carbocycles. The van der Waals surface area contributed by atoms with E-state index in [4.69, 9.17) is 5.73 Å². The van der Waals surface area contributed by atoms with Crippen LogP contribution in [0.5, 0.6) is 0 Å². The van der Waals surface area contributed by atoms with E-state index < -0.39 is 77.7 Å². The molecule has 2 heterocycles. The van der Waals surface area contributed by atoms with E-state index in [0.717, 1.165) is 22.0 Å². The van der Waals surface area contributed by atoms with Gasteiger partial charge < -0.3 is 47.3 Å². The number of likely N-dealkylation sites (N-methyl/N-ethyl adjacent to an activating group) is 1. The summed E-state index contributed by atoms with van der Waals surface area (Å²) >= 11 is 0. The van der Waals surface area contributed by atoms with Crippen molar-refractivity contribution in [3.05, 3.63) is 108 Å². The minimum atomic E-state index is -1.51. The molecule has 7 atom stereocenters. The standard InChI is InChI=1S/C44H56N8O7/c1-27-44(59)52(3)37(23-30-16-8-5-9-17-30)42(57)51-38(28(2)53)43(58)49-35(20-12-13-21-45)40(55)47-26-32(24-31-25-46-34-19-11-10-18-33(31)34)39(54)50-36(41(56)48-27)22-29-14-6-4-7-15-29/h4-11,14-19,25,27-28,32,35-38,46,53H,12-13,20-24,26,45H2,1-3H3,(H,47,55)(H,48,56)(H,49,58)(H,50,54)(H,51,57)/t27-,28+,32+,35+,36-,37-,38-/m1/s1. The first-order valence-corrected chi connectivity index (χ1v) is 20.1. The van der Waals surface area contributed by atoms with Gasteiger partial charge in [0.2, 0.25) is 35.4 Å². The van der Waals surface area contributed by atoms with Gasteiger partial charge >= 0.3 is 0 Å². The van der Waals surface area contributed by atoms with E-state index in [2.05, 4.69) is 31.6 Å². The molecule has 0 bridgehead atoms. The van der Waals surface area contributed by atoms with E-state index in [1.807, 2.05) is 60.7 Å². The van der Waals surface area contributed by atoms with Gasteiger partial charge in [0.05, 0.1) is 12.0 Å². The first kappa shape index (κ1) is 44.1. The van der Waals surface area contributed by atoms with E-state index in [-0.39, 0.29) is 32.2 Å². The van der Waals surface area contributed by atoms with E-state index in [0.29, 0.717) is 24.9 Å². The van der Waals surface area contributed by atoms with Crippen molar-refractivity contribution in [2.24, 2.45) is 11.7 Å². The van der Waals surface area contributed by atoms with Gasteiger partial charge in [0, 0.05) is 43.5 Å². The number of aliphatic hydroxyl groups excluding tert-OH is 1. The summed E-state index contributed by atoms with van der Waals surface area (Å²) in [5.74, 6) is -4.78. The van der Waals surface area contributed by atoms with Gasteiger partial charge in [0.15, 0.2) is 0 Å². The number of aromatic nitrogens is 1. The number of nitrogens with two attached hydrogens (primary N) is 1. The van der Waals surface area contributed by atoms with Gasteiger partial charge in [-0.2, -0.15) is 0 Å². The number of hydrogen-bond donors (Lipinski definition) is 8. The molecular formula is C44H56N8O7. The number of aromatic amines is 1. The Hall–Kier alpha value is -6.06. The second-order valence-corrected chi connectivity index (χ2v) is 15.2. The first-order valence-electron chi connectivity index (χ1n) is 20.1. The Labute approximate surface area is 344 Å². The molecule has 1 saturated heterocycles. The zero-order valence-electron chi connectivity index (χ0n) is 33.8. The highest BCUT2D eigenvalue weighted by Gasteiger charge is 2.37. The van der Waals surface area contributed by atoms with Gasteiger partial charge in [0.25, 0.3) is 0 Å². The fraction of sp³-hybridized carbons (Fsp3) is 0.409. The summed E-state index contributed by atoms with van der Waals surface area (Å²) in [5.41, 5.74) is 8.90. The summed E-state index contributed by atoms with van der Waals surface area (Å²) in [5, 5.41) is 25.6. The third-order valence-corrected chi connectivity index (χ3v) is 10.7. The van der Waals surface area contributed by atoms with Crippen molar-refractivity contribution in [3.8, 4) is 0 Å². The number of benzene rings is 3. The van der Waals surface area contributed by atoms with Crippen LogP contribution < -0.4 is 32.3 Å². The Morgan fingerprint density at radius 3 is 2.00 bits per heavy atom. The molecule has 59 heavy (non-hydrogen) atoms. The molecule has 4 aromatic rings. The number of H-pyrrole nitrogens is 1. The average molecular weight is 809 g/mol.